The molecular formula is C38H37N2O8P. The Labute approximate surface area is 285 Å². The molecule has 0 radical (unpaired) electrons. The molecule has 2 amide bonds. The van der Waals surface area contributed by atoms with Crippen LogP contribution < -0.4 is 20.3 Å². The van der Waals surface area contributed by atoms with Gasteiger partial charge in [0.1, 0.15) is 19.3 Å². The van der Waals surface area contributed by atoms with E-state index in [0.29, 0.717) is 5.56 Å². The van der Waals surface area contributed by atoms with E-state index in [1.54, 1.807) is 18.2 Å². The number of phosphoric ester groups is 1. The molecule has 0 unspecified atom stereocenters. The van der Waals surface area contributed by atoms with Gasteiger partial charge in [0.05, 0.1) is 13.2 Å². The minimum atomic E-state index is -4.23. The molecule has 0 heterocycles. The monoisotopic (exact) mass is 680 g/mol. The van der Waals surface area contributed by atoms with Crippen molar-refractivity contribution in [1.29, 1.82) is 0 Å². The van der Waals surface area contributed by atoms with Crippen LogP contribution in [0.25, 0.3) is 0 Å². The van der Waals surface area contributed by atoms with Crippen molar-refractivity contribution in [3.63, 3.8) is 0 Å². The summed E-state index contributed by atoms with van der Waals surface area (Å²) < 4.78 is 43.2. The number of nitrogens with one attached hydrogen (secondary N) is 1. The average Bonchev–Trinajstić information content (AvgIpc) is 3.14. The average molecular weight is 681 g/mol. The van der Waals surface area contributed by atoms with Crippen LogP contribution in [-0.2, 0) is 56.0 Å². The van der Waals surface area contributed by atoms with E-state index in [0.717, 1.165) is 22.3 Å². The Morgan fingerprint density at radius 2 is 1.06 bits per heavy atom. The Hall–Kier alpha value is -5.41. The highest BCUT2D eigenvalue weighted by molar-refractivity contribution is 7.48. The molecular weight excluding hydrogens is 643 g/mol. The third-order valence-corrected chi connectivity index (χ3v) is 8.52. The van der Waals surface area contributed by atoms with Gasteiger partial charge in [-0.2, -0.15) is 0 Å². The highest BCUT2D eigenvalue weighted by Gasteiger charge is 2.31. The number of hydrogen-bond acceptors (Lipinski definition) is 8. The molecule has 0 aliphatic rings. The molecule has 5 aromatic rings. The maximum absolute atomic E-state index is 14.1. The predicted octanol–water partition coefficient (Wildman–Crippen LogP) is 7.51. The maximum atomic E-state index is 14.1. The fourth-order valence-electron chi connectivity index (χ4n) is 4.63. The molecule has 0 spiro atoms. The van der Waals surface area contributed by atoms with Crippen LogP contribution in [0.5, 0.6) is 11.5 Å². The summed E-state index contributed by atoms with van der Waals surface area (Å²) in [6, 6.07) is 40.8. The van der Waals surface area contributed by atoms with Crippen molar-refractivity contribution >= 4 is 19.8 Å². The Kier molecular flexibility index (Phi) is 12.6. The number of benzene rings is 5. The lowest BCUT2D eigenvalue weighted by atomic mass is 10.0. The molecule has 252 valence electrons. The van der Waals surface area contributed by atoms with E-state index in [1.807, 2.05) is 121 Å². The highest BCUT2D eigenvalue weighted by atomic mass is 31.2. The summed E-state index contributed by atoms with van der Waals surface area (Å²) in [6.07, 6.45) is -0.773. The number of carbonyl (C=O) groups is 2. The van der Waals surface area contributed by atoms with Crippen LogP contribution in [0.2, 0.25) is 0 Å². The van der Waals surface area contributed by atoms with E-state index in [2.05, 4.69) is 5.32 Å². The van der Waals surface area contributed by atoms with Gasteiger partial charge in [-0.3, -0.25) is 13.8 Å². The molecule has 3 N–H and O–H groups in total. The van der Waals surface area contributed by atoms with Gasteiger partial charge in [-0.1, -0.05) is 127 Å². The predicted molar refractivity (Wildman–Crippen MR) is 184 cm³/mol. The first-order valence-electron chi connectivity index (χ1n) is 15.6. The van der Waals surface area contributed by atoms with Gasteiger partial charge < -0.3 is 25.0 Å². The molecule has 0 fully saturated rings. The van der Waals surface area contributed by atoms with Crippen LogP contribution in [0, 0.1) is 0 Å². The number of rotatable bonds is 17. The SMILES string of the molecule is NC(=O)[C@H](Cc1ccc(OP(=O)(OCc2ccccc2)OCc2ccccc2)c(OCc2ccccc2)c1)NC(=O)OCc1ccccc1. The molecule has 5 aromatic carbocycles. The zero-order valence-corrected chi connectivity index (χ0v) is 27.6. The third kappa shape index (κ3) is 11.4. The zero-order chi connectivity index (χ0) is 34.3. The second-order valence-electron chi connectivity index (χ2n) is 11.0. The standard InChI is InChI=1S/C38H37N2O8P/c39-37(41)34(40-38(42)45-26-30-15-7-2-8-16-30)23-33-21-22-35(36(24-33)44-25-29-13-5-1-6-14-29)48-49(43,46-27-31-17-9-3-10-18-31)47-28-32-19-11-4-12-20-32/h1-22,24,34H,23,25-28H2,(H2,39,41)(H,40,42)/t34-/m0/s1. The first-order valence-corrected chi connectivity index (χ1v) is 17.0. The normalized spacial score (nSPS) is 11.7. The van der Waals surface area contributed by atoms with Crippen molar-refractivity contribution in [2.75, 3.05) is 0 Å². The quantitative estimate of drug-likeness (QED) is 0.0964. The number of amides is 2. The summed E-state index contributed by atoms with van der Waals surface area (Å²) in [4.78, 5) is 24.9. The van der Waals surface area contributed by atoms with Crippen LogP contribution in [0.15, 0.2) is 140 Å². The van der Waals surface area contributed by atoms with Crippen molar-refractivity contribution in [2.45, 2.75) is 38.9 Å². The van der Waals surface area contributed by atoms with Crippen LogP contribution in [0.1, 0.15) is 27.8 Å². The first kappa shape index (κ1) is 34.9. The van der Waals surface area contributed by atoms with Gasteiger partial charge in [0.2, 0.25) is 5.91 Å². The molecule has 0 aromatic heterocycles. The summed E-state index contributed by atoms with van der Waals surface area (Å²) >= 11 is 0. The lowest BCUT2D eigenvalue weighted by Crippen LogP contribution is -2.46. The van der Waals surface area contributed by atoms with E-state index >= 15 is 0 Å². The van der Waals surface area contributed by atoms with Gasteiger partial charge in [0.25, 0.3) is 0 Å². The summed E-state index contributed by atoms with van der Waals surface area (Å²) in [7, 11) is -4.23. The van der Waals surface area contributed by atoms with E-state index in [-0.39, 0.29) is 44.3 Å². The third-order valence-electron chi connectivity index (χ3n) is 7.21. The fraction of sp³-hybridized carbons (Fsp3) is 0.158. The van der Waals surface area contributed by atoms with Gasteiger partial charge in [0.15, 0.2) is 11.5 Å². The number of ether oxygens (including phenoxy) is 2. The lowest BCUT2D eigenvalue weighted by molar-refractivity contribution is -0.119. The molecule has 5 rings (SSSR count). The van der Waals surface area contributed by atoms with Crippen molar-refractivity contribution in [3.05, 3.63) is 167 Å². The van der Waals surface area contributed by atoms with E-state index in [9.17, 15) is 14.2 Å². The van der Waals surface area contributed by atoms with E-state index in [1.165, 1.54) is 0 Å². The second-order valence-corrected chi connectivity index (χ2v) is 12.6. The lowest BCUT2D eigenvalue weighted by Gasteiger charge is -2.21. The fourth-order valence-corrected chi connectivity index (χ4v) is 5.82. The van der Waals surface area contributed by atoms with Crippen LogP contribution in [-0.4, -0.2) is 18.0 Å². The van der Waals surface area contributed by atoms with Crippen LogP contribution in [0.3, 0.4) is 0 Å². The molecule has 0 aliphatic carbocycles. The minimum Gasteiger partial charge on any atom is -0.485 e. The summed E-state index contributed by atoms with van der Waals surface area (Å²) in [5.74, 6) is -0.449. The Morgan fingerprint density at radius 1 is 0.592 bits per heavy atom. The smallest absolute Gasteiger partial charge is 0.485 e. The molecule has 1 atom stereocenters. The highest BCUT2D eigenvalue weighted by Crippen LogP contribution is 2.53. The first-order chi connectivity index (χ1) is 23.8. The van der Waals surface area contributed by atoms with Crippen molar-refractivity contribution < 1.29 is 37.2 Å². The molecule has 0 aliphatic heterocycles. The number of hydrogen-bond donors (Lipinski definition) is 2. The van der Waals surface area contributed by atoms with Crippen LogP contribution in [0.4, 0.5) is 4.79 Å². The van der Waals surface area contributed by atoms with Gasteiger partial charge in [-0.25, -0.2) is 9.36 Å². The van der Waals surface area contributed by atoms with E-state index in [4.69, 9.17) is 28.8 Å². The van der Waals surface area contributed by atoms with Crippen molar-refractivity contribution in [2.24, 2.45) is 5.73 Å². The number of carbonyl (C=O) groups excluding carboxylic acids is 2. The largest absolute Gasteiger partial charge is 0.530 e. The van der Waals surface area contributed by atoms with Gasteiger partial charge in [-0.05, 0) is 39.9 Å². The van der Waals surface area contributed by atoms with Gasteiger partial charge >= 0.3 is 13.9 Å². The van der Waals surface area contributed by atoms with Crippen LogP contribution >= 0.6 is 7.82 Å². The maximum Gasteiger partial charge on any atom is 0.530 e. The molecule has 49 heavy (non-hydrogen) atoms. The van der Waals surface area contributed by atoms with E-state index < -0.39 is 25.9 Å². The number of phosphoric acid groups is 1. The van der Waals surface area contributed by atoms with Gasteiger partial charge in [0, 0.05) is 6.42 Å². The number of alkyl carbamates (subject to hydrolysis) is 1. The van der Waals surface area contributed by atoms with Crippen molar-refractivity contribution in [1.82, 2.24) is 5.32 Å². The zero-order valence-electron chi connectivity index (χ0n) is 26.7. The molecule has 0 saturated carbocycles. The number of nitrogens with two attached hydrogens (primary N) is 1. The Morgan fingerprint density at radius 3 is 1.55 bits per heavy atom. The Bertz CT molecular complexity index is 1780. The second kappa shape index (κ2) is 17.7. The summed E-state index contributed by atoms with van der Waals surface area (Å²) in [6.45, 7) is 0.124. The minimum absolute atomic E-state index is 0.0183. The molecule has 0 saturated heterocycles. The van der Waals surface area contributed by atoms with Crippen molar-refractivity contribution in [3.8, 4) is 11.5 Å². The topological polar surface area (TPSA) is 135 Å². The summed E-state index contributed by atoms with van der Waals surface area (Å²) in [5.41, 5.74) is 9.45. The molecule has 11 heteroatoms. The Balaban J connectivity index is 1.36. The van der Waals surface area contributed by atoms with Gasteiger partial charge in [-0.15, -0.1) is 0 Å². The number of primary amides is 1. The molecule has 0 bridgehead atoms. The summed E-state index contributed by atoms with van der Waals surface area (Å²) in [5, 5.41) is 2.54. The molecule has 10 nitrogen and oxygen atoms in total.